The molecule has 9 heteroatoms. The Labute approximate surface area is 212 Å². The predicted octanol–water partition coefficient (Wildman–Crippen LogP) is 2.49. The second kappa shape index (κ2) is 10.3. The van der Waals surface area contributed by atoms with Gasteiger partial charge in [-0.15, -0.1) is 0 Å². The molecule has 0 bridgehead atoms. The van der Waals surface area contributed by atoms with E-state index in [-0.39, 0.29) is 29.9 Å². The van der Waals surface area contributed by atoms with E-state index in [1.54, 1.807) is 72.8 Å². The fourth-order valence-corrected chi connectivity index (χ4v) is 4.46. The van der Waals surface area contributed by atoms with E-state index in [0.29, 0.717) is 5.56 Å². The Balaban J connectivity index is 1.38. The molecule has 188 valence electrons. The van der Waals surface area contributed by atoms with Gasteiger partial charge < -0.3 is 19.3 Å². The van der Waals surface area contributed by atoms with Crippen molar-refractivity contribution in [2.75, 3.05) is 13.2 Å². The molecule has 2 aliphatic heterocycles. The lowest BCUT2D eigenvalue weighted by atomic mass is 9.96. The van der Waals surface area contributed by atoms with Gasteiger partial charge in [0.25, 0.3) is 11.8 Å². The molecular formula is C28H23NO8. The average molecular weight is 501 g/mol. The Bertz CT molecular complexity index is 1290. The third kappa shape index (κ3) is 4.74. The third-order valence-electron chi connectivity index (χ3n) is 6.38. The van der Waals surface area contributed by atoms with E-state index in [1.165, 1.54) is 12.1 Å². The van der Waals surface area contributed by atoms with Crippen LogP contribution in [0.4, 0.5) is 0 Å². The minimum absolute atomic E-state index is 0.217. The zero-order valence-electron chi connectivity index (χ0n) is 19.6. The van der Waals surface area contributed by atoms with Gasteiger partial charge in [0, 0.05) is 0 Å². The zero-order valence-corrected chi connectivity index (χ0v) is 19.6. The van der Waals surface area contributed by atoms with Crippen LogP contribution in [-0.4, -0.2) is 71.3 Å². The highest BCUT2D eigenvalue weighted by atomic mass is 16.6. The van der Waals surface area contributed by atoms with E-state index < -0.39 is 48.1 Å². The molecule has 9 nitrogen and oxygen atoms in total. The van der Waals surface area contributed by atoms with Gasteiger partial charge in [0.1, 0.15) is 24.9 Å². The largest absolute Gasteiger partial charge is 0.459 e. The fourth-order valence-electron chi connectivity index (χ4n) is 4.46. The van der Waals surface area contributed by atoms with Gasteiger partial charge in [0.15, 0.2) is 6.10 Å². The van der Waals surface area contributed by atoms with Gasteiger partial charge in [-0.1, -0.05) is 48.5 Å². The molecule has 0 spiro atoms. The van der Waals surface area contributed by atoms with Crippen LogP contribution in [0.15, 0.2) is 84.9 Å². The van der Waals surface area contributed by atoms with Crippen molar-refractivity contribution in [1.82, 2.24) is 4.90 Å². The fraction of sp³-hybridized carbons (Fsp3) is 0.214. The molecule has 2 heterocycles. The van der Waals surface area contributed by atoms with Gasteiger partial charge in [-0.25, -0.2) is 9.59 Å². The average Bonchev–Trinajstić information content (AvgIpc) is 3.19. The predicted molar refractivity (Wildman–Crippen MR) is 129 cm³/mol. The highest BCUT2D eigenvalue weighted by Crippen LogP contribution is 2.31. The first-order chi connectivity index (χ1) is 18.0. The van der Waals surface area contributed by atoms with Crippen LogP contribution in [0.2, 0.25) is 0 Å². The van der Waals surface area contributed by atoms with Crippen LogP contribution < -0.4 is 0 Å². The highest BCUT2D eigenvalue weighted by Gasteiger charge is 2.51. The van der Waals surface area contributed by atoms with E-state index in [4.69, 9.17) is 14.2 Å². The molecule has 0 aromatic heterocycles. The van der Waals surface area contributed by atoms with E-state index >= 15 is 0 Å². The number of hydrogen-bond donors (Lipinski definition) is 1. The Kier molecular flexibility index (Phi) is 6.80. The Hall–Kier alpha value is -4.34. The Morgan fingerprint density at radius 3 is 1.89 bits per heavy atom. The quantitative estimate of drug-likeness (QED) is 0.404. The molecular weight excluding hydrogens is 478 g/mol. The Morgan fingerprint density at radius 1 is 0.811 bits per heavy atom. The van der Waals surface area contributed by atoms with Gasteiger partial charge in [-0.3, -0.25) is 14.5 Å². The number of rotatable bonds is 6. The smallest absolute Gasteiger partial charge is 0.338 e. The lowest BCUT2D eigenvalue weighted by molar-refractivity contribution is -0.173. The first kappa shape index (κ1) is 24.4. The SMILES string of the molecule is O=C(OC[C@H]1OC[C@@H](N2C(=O)c3ccccc3C2=O)[C@@H](OC(=O)c2ccccc2)[C@@H]1O)c1ccccc1. The zero-order chi connectivity index (χ0) is 25.9. The van der Waals surface area contributed by atoms with Crippen molar-refractivity contribution in [1.29, 1.82) is 0 Å². The number of esters is 2. The molecule has 0 unspecified atom stereocenters. The maximum atomic E-state index is 13.1. The van der Waals surface area contributed by atoms with Crippen LogP contribution in [0.1, 0.15) is 41.4 Å². The van der Waals surface area contributed by atoms with Crippen molar-refractivity contribution in [3.8, 4) is 0 Å². The number of fused-ring (bicyclic) bond motifs is 1. The molecule has 1 saturated heterocycles. The number of hydrogen-bond acceptors (Lipinski definition) is 8. The number of aliphatic hydroxyl groups is 1. The minimum Gasteiger partial charge on any atom is -0.459 e. The first-order valence-corrected chi connectivity index (χ1v) is 11.7. The van der Waals surface area contributed by atoms with Crippen LogP contribution in [0.5, 0.6) is 0 Å². The van der Waals surface area contributed by atoms with E-state index in [1.807, 2.05) is 0 Å². The van der Waals surface area contributed by atoms with E-state index in [9.17, 15) is 24.3 Å². The number of aliphatic hydroxyl groups excluding tert-OH is 1. The number of nitrogens with zero attached hydrogens (tertiary/aromatic N) is 1. The van der Waals surface area contributed by atoms with Crippen LogP contribution in [0.3, 0.4) is 0 Å². The second-order valence-electron chi connectivity index (χ2n) is 8.66. The topological polar surface area (TPSA) is 119 Å². The van der Waals surface area contributed by atoms with Crippen LogP contribution >= 0.6 is 0 Å². The summed E-state index contributed by atoms with van der Waals surface area (Å²) in [6, 6.07) is 21.7. The first-order valence-electron chi connectivity index (χ1n) is 11.7. The molecule has 0 saturated carbocycles. The summed E-state index contributed by atoms with van der Waals surface area (Å²) in [5.74, 6) is -2.50. The summed E-state index contributed by atoms with van der Waals surface area (Å²) in [6.07, 6.45) is -3.89. The number of benzene rings is 3. The summed E-state index contributed by atoms with van der Waals surface area (Å²) in [5, 5.41) is 11.2. The standard InChI is InChI=1S/C28H23NO8/c30-23-22(16-36-27(33)17-9-3-1-4-10-17)35-15-21(24(23)37-28(34)18-11-5-2-6-12-18)29-25(31)19-13-7-8-14-20(19)26(29)32/h1-14,21-24,30H,15-16H2/t21-,22-,23-,24-/m1/s1. The molecule has 0 radical (unpaired) electrons. The van der Waals surface area contributed by atoms with Gasteiger partial charge in [0.2, 0.25) is 0 Å². The van der Waals surface area contributed by atoms with E-state index in [0.717, 1.165) is 4.90 Å². The molecule has 2 amide bonds. The van der Waals surface area contributed by atoms with Crippen molar-refractivity contribution in [3.05, 3.63) is 107 Å². The van der Waals surface area contributed by atoms with Crippen molar-refractivity contribution < 1.29 is 38.5 Å². The summed E-state index contributed by atoms with van der Waals surface area (Å²) in [4.78, 5) is 52.5. The molecule has 4 atom stereocenters. The molecule has 3 aromatic rings. The van der Waals surface area contributed by atoms with Gasteiger partial charge in [-0.05, 0) is 36.4 Å². The molecule has 37 heavy (non-hydrogen) atoms. The van der Waals surface area contributed by atoms with Crippen molar-refractivity contribution >= 4 is 23.8 Å². The Morgan fingerprint density at radius 2 is 1.32 bits per heavy atom. The lowest BCUT2D eigenvalue weighted by Gasteiger charge is -2.42. The summed E-state index contributed by atoms with van der Waals surface area (Å²) in [6.45, 7) is -0.564. The van der Waals surface area contributed by atoms with Crippen molar-refractivity contribution in [2.45, 2.75) is 24.4 Å². The third-order valence-corrected chi connectivity index (χ3v) is 6.38. The monoisotopic (exact) mass is 501 g/mol. The minimum atomic E-state index is -1.50. The maximum Gasteiger partial charge on any atom is 0.338 e. The van der Waals surface area contributed by atoms with Crippen LogP contribution in [-0.2, 0) is 14.2 Å². The molecule has 1 fully saturated rings. The summed E-state index contributed by atoms with van der Waals surface area (Å²) < 4.78 is 16.7. The lowest BCUT2D eigenvalue weighted by Crippen LogP contribution is -2.62. The summed E-state index contributed by atoms with van der Waals surface area (Å²) in [5.41, 5.74) is 0.987. The number of amides is 2. The van der Waals surface area contributed by atoms with E-state index in [2.05, 4.69) is 0 Å². The number of ether oxygens (including phenoxy) is 3. The second-order valence-corrected chi connectivity index (χ2v) is 8.66. The van der Waals surface area contributed by atoms with Gasteiger partial charge >= 0.3 is 11.9 Å². The van der Waals surface area contributed by atoms with Gasteiger partial charge in [-0.2, -0.15) is 0 Å². The normalized spacial score (nSPS) is 22.9. The molecule has 1 N–H and O–H groups in total. The van der Waals surface area contributed by atoms with Gasteiger partial charge in [0.05, 0.1) is 28.9 Å². The molecule has 2 aliphatic rings. The van der Waals surface area contributed by atoms with Crippen molar-refractivity contribution in [3.63, 3.8) is 0 Å². The number of imide groups is 1. The number of carbonyl (C=O) groups excluding carboxylic acids is 4. The number of carbonyl (C=O) groups is 4. The van der Waals surface area contributed by atoms with Crippen LogP contribution in [0.25, 0.3) is 0 Å². The summed E-state index contributed by atoms with van der Waals surface area (Å²) >= 11 is 0. The highest BCUT2D eigenvalue weighted by molar-refractivity contribution is 6.21. The van der Waals surface area contributed by atoms with Crippen LogP contribution in [0, 0.1) is 0 Å². The summed E-state index contributed by atoms with van der Waals surface area (Å²) in [7, 11) is 0. The molecule has 5 rings (SSSR count). The molecule has 3 aromatic carbocycles. The molecule has 0 aliphatic carbocycles. The maximum absolute atomic E-state index is 13.1. The van der Waals surface area contributed by atoms with Crippen molar-refractivity contribution in [2.24, 2.45) is 0 Å².